The smallest absolute Gasteiger partial charge is 0.238 e. The largest absolute Gasteiger partial charge is 0.324 e. The van der Waals surface area contributed by atoms with Crippen LogP contribution in [0, 0.1) is 0 Å². The zero-order valence-electron chi connectivity index (χ0n) is 18.4. The highest BCUT2D eigenvalue weighted by Gasteiger charge is 2.17. The van der Waals surface area contributed by atoms with Crippen molar-refractivity contribution < 1.29 is 9.59 Å². The average Bonchev–Trinajstić information content (AvgIpc) is 2.85. The van der Waals surface area contributed by atoms with Crippen LogP contribution in [0.4, 0.5) is 5.69 Å². The van der Waals surface area contributed by atoms with Crippen LogP contribution in [-0.4, -0.2) is 23.1 Å². The first-order chi connectivity index (χ1) is 16.2. The summed E-state index contributed by atoms with van der Waals surface area (Å²) in [6.45, 7) is 1.50. The van der Waals surface area contributed by atoms with E-state index in [1.54, 1.807) is 24.3 Å². The highest BCUT2D eigenvalue weighted by Crippen LogP contribution is 2.20. The van der Waals surface area contributed by atoms with Crippen LogP contribution in [0.5, 0.6) is 0 Å². The van der Waals surface area contributed by atoms with Gasteiger partial charge in [-0.2, -0.15) is 0 Å². The van der Waals surface area contributed by atoms with Crippen molar-refractivity contribution in [2.75, 3.05) is 11.9 Å². The molecule has 0 saturated carbocycles. The Morgan fingerprint density at radius 1 is 0.606 bits per heavy atom. The minimum Gasteiger partial charge on any atom is -0.324 e. The maximum absolute atomic E-state index is 13.1. The lowest BCUT2D eigenvalue weighted by molar-refractivity contribution is -0.117. The standard InChI is InChI=1S/C29H26N2O2/c32-28(30-27-19-11-10-18-26(27)29(33)25-16-8-3-9-17-25)22-31(20-23-12-4-1-5-13-23)21-24-14-6-2-7-15-24/h1-19H,20-22H2,(H,30,32). The number of para-hydroxylation sites is 1. The van der Waals surface area contributed by atoms with Gasteiger partial charge in [-0.05, 0) is 23.3 Å². The van der Waals surface area contributed by atoms with Crippen molar-refractivity contribution >= 4 is 17.4 Å². The normalized spacial score (nSPS) is 10.7. The van der Waals surface area contributed by atoms with E-state index in [1.165, 1.54) is 0 Å². The number of anilines is 1. The van der Waals surface area contributed by atoms with E-state index in [-0.39, 0.29) is 18.2 Å². The summed E-state index contributed by atoms with van der Waals surface area (Å²) in [4.78, 5) is 28.1. The van der Waals surface area contributed by atoms with E-state index in [2.05, 4.69) is 34.5 Å². The highest BCUT2D eigenvalue weighted by molar-refractivity contribution is 6.13. The SMILES string of the molecule is O=C(CN(Cc1ccccc1)Cc1ccccc1)Nc1ccccc1C(=O)c1ccccc1. The molecule has 4 rings (SSSR count). The second-order valence-corrected chi connectivity index (χ2v) is 7.91. The number of nitrogens with zero attached hydrogens (tertiary/aromatic N) is 1. The summed E-state index contributed by atoms with van der Waals surface area (Å²) in [6, 6.07) is 36.5. The average molecular weight is 435 g/mol. The summed E-state index contributed by atoms with van der Waals surface area (Å²) in [6.07, 6.45) is 0. The maximum Gasteiger partial charge on any atom is 0.238 e. The molecule has 0 bridgehead atoms. The van der Waals surface area contributed by atoms with E-state index >= 15 is 0 Å². The lowest BCUT2D eigenvalue weighted by Gasteiger charge is -2.22. The van der Waals surface area contributed by atoms with Crippen molar-refractivity contribution in [1.82, 2.24) is 4.90 Å². The van der Waals surface area contributed by atoms with Crippen LogP contribution in [0.3, 0.4) is 0 Å². The fourth-order valence-electron chi connectivity index (χ4n) is 3.78. The van der Waals surface area contributed by atoms with E-state index < -0.39 is 0 Å². The molecular weight excluding hydrogens is 408 g/mol. The summed E-state index contributed by atoms with van der Waals surface area (Å²) in [7, 11) is 0. The molecule has 0 fully saturated rings. The topological polar surface area (TPSA) is 49.4 Å². The number of carbonyl (C=O) groups is 2. The molecule has 0 aliphatic rings. The van der Waals surface area contributed by atoms with Crippen LogP contribution in [0.2, 0.25) is 0 Å². The third-order valence-electron chi connectivity index (χ3n) is 5.35. The molecule has 4 aromatic rings. The Labute approximate surface area is 194 Å². The quantitative estimate of drug-likeness (QED) is 0.351. The predicted molar refractivity (Wildman–Crippen MR) is 132 cm³/mol. The van der Waals surface area contributed by atoms with Crippen molar-refractivity contribution in [3.63, 3.8) is 0 Å². The molecule has 0 radical (unpaired) electrons. The van der Waals surface area contributed by atoms with E-state index in [1.807, 2.05) is 66.7 Å². The number of carbonyl (C=O) groups excluding carboxylic acids is 2. The Hall–Kier alpha value is -4.02. The molecule has 164 valence electrons. The molecule has 33 heavy (non-hydrogen) atoms. The highest BCUT2D eigenvalue weighted by atomic mass is 16.2. The van der Waals surface area contributed by atoms with Crippen molar-refractivity contribution in [3.05, 3.63) is 138 Å². The van der Waals surface area contributed by atoms with Crippen LogP contribution in [0.1, 0.15) is 27.0 Å². The summed E-state index contributed by atoms with van der Waals surface area (Å²) in [5, 5.41) is 2.96. The fourth-order valence-corrected chi connectivity index (χ4v) is 3.78. The van der Waals surface area contributed by atoms with Crippen molar-refractivity contribution in [3.8, 4) is 0 Å². The molecule has 0 heterocycles. The fraction of sp³-hybridized carbons (Fsp3) is 0.103. The van der Waals surface area contributed by atoms with Gasteiger partial charge in [0.05, 0.1) is 12.2 Å². The second-order valence-electron chi connectivity index (χ2n) is 7.91. The van der Waals surface area contributed by atoms with Crippen molar-refractivity contribution in [2.24, 2.45) is 0 Å². The Balaban J connectivity index is 1.50. The molecule has 0 aliphatic heterocycles. The number of hydrogen-bond acceptors (Lipinski definition) is 3. The van der Waals surface area contributed by atoms with Gasteiger partial charge in [-0.3, -0.25) is 14.5 Å². The van der Waals surface area contributed by atoms with E-state index in [0.29, 0.717) is 29.9 Å². The Bertz CT molecular complexity index is 1150. The number of benzene rings is 4. The minimum absolute atomic E-state index is 0.114. The number of amides is 1. The minimum atomic E-state index is -0.157. The van der Waals surface area contributed by atoms with Gasteiger partial charge in [0.1, 0.15) is 0 Å². The van der Waals surface area contributed by atoms with Crippen LogP contribution in [0.15, 0.2) is 115 Å². The lowest BCUT2D eigenvalue weighted by Crippen LogP contribution is -2.33. The number of nitrogens with one attached hydrogen (secondary N) is 1. The van der Waals surface area contributed by atoms with Crippen LogP contribution in [-0.2, 0) is 17.9 Å². The molecule has 4 nitrogen and oxygen atoms in total. The maximum atomic E-state index is 13.1. The number of ketones is 1. The van der Waals surface area contributed by atoms with Gasteiger partial charge in [0, 0.05) is 24.2 Å². The summed E-state index contributed by atoms with van der Waals surface area (Å²) >= 11 is 0. The van der Waals surface area contributed by atoms with Gasteiger partial charge < -0.3 is 5.32 Å². The molecule has 4 heteroatoms. The third kappa shape index (κ3) is 6.25. The van der Waals surface area contributed by atoms with Gasteiger partial charge in [-0.15, -0.1) is 0 Å². The predicted octanol–water partition coefficient (Wildman–Crippen LogP) is 5.56. The van der Waals surface area contributed by atoms with Crippen LogP contribution in [0.25, 0.3) is 0 Å². The molecule has 0 unspecified atom stereocenters. The van der Waals surface area contributed by atoms with Gasteiger partial charge in [-0.25, -0.2) is 0 Å². The lowest BCUT2D eigenvalue weighted by atomic mass is 10.0. The molecule has 1 amide bonds. The van der Waals surface area contributed by atoms with Crippen LogP contribution >= 0.6 is 0 Å². The van der Waals surface area contributed by atoms with Gasteiger partial charge >= 0.3 is 0 Å². The molecule has 4 aromatic carbocycles. The summed E-state index contributed by atoms with van der Waals surface area (Å²) in [5.41, 5.74) is 3.88. The van der Waals surface area contributed by atoms with E-state index in [4.69, 9.17) is 0 Å². The third-order valence-corrected chi connectivity index (χ3v) is 5.35. The second kappa shape index (κ2) is 11.0. The van der Waals surface area contributed by atoms with Crippen molar-refractivity contribution in [1.29, 1.82) is 0 Å². The molecule has 0 aromatic heterocycles. The first-order valence-electron chi connectivity index (χ1n) is 11.0. The zero-order valence-corrected chi connectivity index (χ0v) is 18.4. The van der Waals surface area contributed by atoms with E-state index in [9.17, 15) is 9.59 Å². The molecule has 0 atom stereocenters. The van der Waals surface area contributed by atoms with Crippen LogP contribution < -0.4 is 5.32 Å². The van der Waals surface area contributed by atoms with Gasteiger partial charge in [-0.1, -0.05) is 103 Å². The van der Waals surface area contributed by atoms with Gasteiger partial charge in [0.15, 0.2) is 5.78 Å². The van der Waals surface area contributed by atoms with Gasteiger partial charge in [0.2, 0.25) is 5.91 Å². The number of hydrogen-bond donors (Lipinski definition) is 1. The Morgan fingerprint density at radius 3 is 1.67 bits per heavy atom. The van der Waals surface area contributed by atoms with Gasteiger partial charge in [0.25, 0.3) is 0 Å². The molecule has 0 saturated heterocycles. The van der Waals surface area contributed by atoms with Crippen molar-refractivity contribution in [2.45, 2.75) is 13.1 Å². The number of rotatable bonds is 9. The monoisotopic (exact) mass is 434 g/mol. The zero-order chi connectivity index (χ0) is 22.9. The summed E-state index contributed by atoms with van der Waals surface area (Å²) < 4.78 is 0. The molecular formula is C29H26N2O2. The van der Waals surface area contributed by atoms with E-state index in [0.717, 1.165) is 11.1 Å². The Kier molecular flexibility index (Phi) is 7.41. The first kappa shape index (κ1) is 22.2. The Morgan fingerprint density at radius 2 is 1.09 bits per heavy atom. The first-order valence-corrected chi connectivity index (χ1v) is 11.0. The molecule has 0 aliphatic carbocycles. The molecule has 0 spiro atoms. The molecule has 1 N–H and O–H groups in total. The summed E-state index contributed by atoms with van der Waals surface area (Å²) in [5.74, 6) is -0.271.